The summed E-state index contributed by atoms with van der Waals surface area (Å²) < 4.78 is 2.13. The maximum Gasteiger partial charge on any atom is 0.225 e. The topological polar surface area (TPSA) is 38.1 Å². The molecule has 94 valence electrons. The highest BCUT2D eigenvalue weighted by Crippen LogP contribution is 2.20. The van der Waals surface area contributed by atoms with Crippen LogP contribution in [-0.2, 0) is 11.3 Å². The van der Waals surface area contributed by atoms with E-state index in [1.54, 1.807) is 0 Å². The largest absolute Gasteiger partial charge is 0.342 e. The second-order valence-electron chi connectivity index (χ2n) is 5.18. The zero-order valence-corrected chi connectivity index (χ0v) is 10.7. The maximum atomic E-state index is 11.8. The summed E-state index contributed by atoms with van der Waals surface area (Å²) in [6.07, 6.45) is 7.90. The summed E-state index contributed by atoms with van der Waals surface area (Å²) in [5, 5.41) is 0. The van der Waals surface area contributed by atoms with Gasteiger partial charge in [0.15, 0.2) is 0 Å². The van der Waals surface area contributed by atoms with Gasteiger partial charge in [0.25, 0.3) is 0 Å². The minimum Gasteiger partial charge on any atom is -0.342 e. The fraction of sp³-hybridized carbons (Fsp3) is 0.692. The number of likely N-dealkylation sites (tertiary alicyclic amines) is 1. The average Bonchev–Trinajstić information content (AvgIpc) is 2.82. The Bertz CT molecular complexity index is 351. The molecule has 1 aromatic heterocycles. The molecule has 2 rings (SSSR count). The van der Waals surface area contributed by atoms with E-state index >= 15 is 0 Å². The monoisotopic (exact) mass is 235 g/mol. The second-order valence-corrected chi connectivity index (χ2v) is 5.18. The second kappa shape index (κ2) is 5.34. The van der Waals surface area contributed by atoms with Crippen molar-refractivity contribution in [2.75, 3.05) is 13.1 Å². The van der Waals surface area contributed by atoms with E-state index in [1.165, 1.54) is 0 Å². The number of carbonyl (C=O) groups is 1. The molecule has 0 radical (unpaired) electrons. The van der Waals surface area contributed by atoms with Crippen LogP contribution in [0.3, 0.4) is 0 Å². The third kappa shape index (κ3) is 3.08. The van der Waals surface area contributed by atoms with Gasteiger partial charge in [-0.25, -0.2) is 4.98 Å². The molecule has 4 heteroatoms. The number of nitrogens with zero attached hydrogens (tertiary/aromatic N) is 3. The molecule has 0 N–H and O–H groups in total. The number of imidazole rings is 1. The van der Waals surface area contributed by atoms with Gasteiger partial charge in [0.2, 0.25) is 5.91 Å². The molecule has 1 fully saturated rings. The lowest BCUT2D eigenvalue weighted by molar-refractivity contribution is -0.135. The minimum absolute atomic E-state index is 0.125. The van der Waals surface area contributed by atoms with Crippen molar-refractivity contribution in [3.05, 3.63) is 18.7 Å². The van der Waals surface area contributed by atoms with Crippen LogP contribution in [0.1, 0.15) is 26.7 Å². The molecule has 0 atom stereocenters. The van der Waals surface area contributed by atoms with Gasteiger partial charge in [0.1, 0.15) is 0 Å². The molecule has 1 aliphatic rings. The first-order valence-electron chi connectivity index (χ1n) is 6.41. The highest BCUT2D eigenvalue weighted by molar-refractivity contribution is 5.78. The van der Waals surface area contributed by atoms with Gasteiger partial charge < -0.3 is 9.47 Å². The highest BCUT2D eigenvalue weighted by atomic mass is 16.2. The smallest absolute Gasteiger partial charge is 0.225 e. The van der Waals surface area contributed by atoms with Crippen molar-refractivity contribution in [1.29, 1.82) is 0 Å². The van der Waals surface area contributed by atoms with Crippen molar-refractivity contribution in [3.63, 3.8) is 0 Å². The predicted molar refractivity (Wildman–Crippen MR) is 66.4 cm³/mol. The number of amides is 1. The van der Waals surface area contributed by atoms with E-state index in [2.05, 4.69) is 9.55 Å². The van der Waals surface area contributed by atoms with Crippen LogP contribution < -0.4 is 0 Å². The molecule has 0 aromatic carbocycles. The predicted octanol–water partition coefficient (Wildman–Crippen LogP) is 1.78. The van der Waals surface area contributed by atoms with Crippen molar-refractivity contribution < 1.29 is 4.79 Å². The highest BCUT2D eigenvalue weighted by Gasteiger charge is 2.24. The molecule has 17 heavy (non-hydrogen) atoms. The van der Waals surface area contributed by atoms with E-state index in [1.807, 2.05) is 37.5 Å². The van der Waals surface area contributed by atoms with E-state index in [0.717, 1.165) is 32.5 Å². The van der Waals surface area contributed by atoms with Crippen LogP contribution in [-0.4, -0.2) is 33.4 Å². The Morgan fingerprint density at radius 1 is 1.41 bits per heavy atom. The summed E-state index contributed by atoms with van der Waals surface area (Å²) in [7, 11) is 0. The molecular formula is C13H21N3O. The molecule has 0 spiro atoms. The van der Waals surface area contributed by atoms with E-state index in [9.17, 15) is 4.79 Å². The van der Waals surface area contributed by atoms with Crippen molar-refractivity contribution >= 4 is 5.91 Å². The van der Waals surface area contributed by atoms with E-state index in [-0.39, 0.29) is 5.92 Å². The quantitative estimate of drug-likeness (QED) is 0.801. The van der Waals surface area contributed by atoms with Crippen molar-refractivity contribution in [2.24, 2.45) is 11.8 Å². The summed E-state index contributed by atoms with van der Waals surface area (Å²) in [6, 6.07) is 0. The van der Waals surface area contributed by atoms with Gasteiger partial charge in [-0.05, 0) is 18.8 Å². The SMILES string of the molecule is CC(C)C(=O)N1CCC(Cn2ccnc2)CC1. The van der Waals surface area contributed by atoms with Gasteiger partial charge >= 0.3 is 0 Å². The number of hydrogen-bond acceptors (Lipinski definition) is 2. The van der Waals surface area contributed by atoms with E-state index < -0.39 is 0 Å². The molecular weight excluding hydrogens is 214 g/mol. The number of aromatic nitrogens is 2. The Labute approximate surface area is 103 Å². The fourth-order valence-electron chi connectivity index (χ4n) is 2.39. The van der Waals surface area contributed by atoms with E-state index in [0.29, 0.717) is 11.8 Å². The lowest BCUT2D eigenvalue weighted by atomic mass is 9.96. The number of hydrogen-bond donors (Lipinski definition) is 0. The van der Waals surface area contributed by atoms with Crippen LogP contribution in [0.5, 0.6) is 0 Å². The van der Waals surface area contributed by atoms with Crippen LogP contribution in [0.4, 0.5) is 0 Å². The average molecular weight is 235 g/mol. The summed E-state index contributed by atoms with van der Waals surface area (Å²) in [4.78, 5) is 17.9. The van der Waals surface area contributed by atoms with Gasteiger partial charge in [0, 0.05) is 37.9 Å². The first-order chi connectivity index (χ1) is 8.16. The third-order valence-electron chi connectivity index (χ3n) is 3.45. The lowest BCUT2D eigenvalue weighted by Gasteiger charge is -2.33. The van der Waals surface area contributed by atoms with Crippen LogP contribution in [0.2, 0.25) is 0 Å². The van der Waals surface area contributed by atoms with Crippen LogP contribution in [0.25, 0.3) is 0 Å². The van der Waals surface area contributed by atoms with Crippen molar-refractivity contribution in [1.82, 2.24) is 14.5 Å². The molecule has 0 aliphatic carbocycles. The fourth-order valence-corrected chi connectivity index (χ4v) is 2.39. The molecule has 1 aliphatic heterocycles. The zero-order chi connectivity index (χ0) is 12.3. The van der Waals surface area contributed by atoms with E-state index in [4.69, 9.17) is 0 Å². The van der Waals surface area contributed by atoms with Gasteiger partial charge in [-0.15, -0.1) is 0 Å². The summed E-state index contributed by atoms with van der Waals surface area (Å²) >= 11 is 0. The number of rotatable bonds is 3. The van der Waals surface area contributed by atoms with Crippen LogP contribution in [0, 0.1) is 11.8 Å². The molecule has 1 aromatic rings. The minimum atomic E-state index is 0.125. The first-order valence-corrected chi connectivity index (χ1v) is 6.41. The normalized spacial score (nSPS) is 17.7. The molecule has 2 heterocycles. The zero-order valence-electron chi connectivity index (χ0n) is 10.7. The Kier molecular flexibility index (Phi) is 3.82. The third-order valence-corrected chi connectivity index (χ3v) is 3.45. The molecule has 1 saturated heterocycles. The van der Waals surface area contributed by atoms with Gasteiger partial charge in [-0.2, -0.15) is 0 Å². The van der Waals surface area contributed by atoms with Gasteiger partial charge in [-0.3, -0.25) is 4.79 Å². The summed E-state index contributed by atoms with van der Waals surface area (Å²) in [5.41, 5.74) is 0. The Balaban J connectivity index is 1.80. The lowest BCUT2D eigenvalue weighted by Crippen LogP contribution is -2.41. The molecule has 0 unspecified atom stereocenters. The van der Waals surface area contributed by atoms with Gasteiger partial charge in [-0.1, -0.05) is 13.8 Å². The van der Waals surface area contributed by atoms with Crippen LogP contribution >= 0.6 is 0 Å². The van der Waals surface area contributed by atoms with Crippen molar-refractivity contribution in [3.8, 4) is 0 Å². The number of carbonyl (C=O) groups excluding carboxylic acids is 1. The maximum absolute atomic E-state index is 11.8. The molecule has 0 bridgehead atoms. The number of piperidine rings is 1. The summed E-state index contributed by atoms with van der Waals surface area (Å²) in [5.74, 6) is 1.10. The standard InChI is InChI=1S/C13H21N3O/c1-11(2)13(17)16-6-3-12(4-7-16)9-15-8-5-14-10-15/h5,8,10-12H,3-4,6-7,9H2,1-2H3. The molecule has 0 saturated carbocycles. The molecule has 1 amide bonds. The Morgan fingerprint density at radius 2 is 2.12 bits per heavy atom. The van der Waals surface area contributed by atoms with Gasteiger partial charge in [0.05, 0.1) is 6.33 Å². The summed E-state index contributed by atoms with van der Waals surface area (Å²) in [6.45, 7) is 6.80. The Hall–Kier alpha value is -1.32. The Morgan fingerprint density at radius 3 is 2.65 bits per heavy atom. The van der Waals surface area contributed by atoms with Crippen molar-refractivity contribution in [2.45, 2.75) is 33.2 Å². The van der Waals surface area contributed by atoms with Crippen LogP contribution in [0.15, 0.2) is 18.7 Å². The first kappa shape index (κ1) is 12.1. The molecule has 4 nitrogen and oxygen atoms in total.